The lowest BCUT2D eigenvalue weighted by Crippen LogP contribution is -2.36. The molecule has 0 amide bonds. The van der Waals surface area contributed by atoms with Gasteiger partial charge in [0.15, 0.2) is 0 Å². The van der Waals surface area contributed by atoms with Crippen molar-refractivity contribution in [2.45, 2.75) is 37.1 Å². The highest BCUT2D eigenvalue weighted by atomic mass is 35.5. The van der Waals surface area contributed by atoms with E-state index in [1.807, 2.05) is 19.1 Å². The van der Waals surface area contributed by atoms with E-state index in [0.29, 0.717) is 17.3 Å². The zero-order chi connectivity index (χ0) is 13.2. The third-order valence-corrected chi connectivity index (χ3v) is 5.78. The largest absolute Gasteiger partial charge is 0.243 e. The molecule has 0 bridgehead atoms. The minimum atomic E-state index is -3.37. The molecule has 0 aromatic heterocycles. The summed E-state index contributed by atoms with van der Waals surface area (Å²) in [4.78, 5) is 0.423. The van der Waals surface area contributed by atoms with Crippen molar-refractivity contribution >= 4 is 21.6 Å². The number of hydrogen-bond donors (Lipinski definition) is 0. The van der Waals surface area contributed by atoms with Crippen LogP contribution >= 0.6 is 11.6 Å². The molecular weight excluding hydrogens is 270 g/mol. The second kappa shape index (κ2) is 5.59. The van der Waals surface area contributed by atoms with Crippen molar-refractivity contribution in [1.82, 2.24) is 4.31 Å². The molecule has 1 unspecified atom stereocenters. The predicted octanol–water partition coefficient (Wildman–Crippen LogP) is 2.78. The van der Waals surface area contributed by atoms with E-state index in [2.05, 4.69) is 0 Å². The van der Waals surface area contributed by atoms with Crippen LogP contribution < -0.4 is 0 Å². The van der Waals surface area contributed by atoms with Crippen molar-refractivity contribution in [2.75, 3.05) is 12.4 Å². The molecule has 0 N–H and O–H groups in total. The Labute approximate surface area is 114 Å². The van der Waals surface area contributed by atoms with Crippen LogP contribution in [-0.4, -0.2) is 31.2 Å². The quantitative estimate of drug-likeness (QED) is 0.799. The minimum Gasteiger partial charge on any atom is -0.207 e. The van der Waals surface area contributed by atoms with Gasteiger partial charge in [-0.15, -0.1) is 11.6 Å². The van der Waals surface area contributed by atoms with E-state index in [0.717, 1.165) is 24.8 Å². The van der Waals surface area contributed by atoms with Gasteiger partial charge in [0, 0.05) is 18.5 Å². The van der Waals surface area contributed by atoms with Crippen molar-refractivity contribution < 1.29 is 8.42 Å². The number of rotatable bonds is 4. The van der Waals surface area contributed by atoms with E-state index in [9.17, 15) is 8.42 Å². The standard InChI is InChI=1S/C13H18ClNO2S/c1-11-5-2-3-7-13(11)18(16,17)15-10-4-6-12(15)8-9-14/h2-3,5,7,12H,4,6,8-10H2,1H3. The minimum absolute atomic E-state index is 0.0621. The first-order valence-electron chi connectivity index (χ1n) is 6.21. The molecule has 1 aliphatic heterocycles. The maximum Gasteiger partial charge on any atom is 0.243 e. The van der Waals surface area contributed by atoms with Gasteiger partial charge in [0.2, 0.25) is 10.0 Å². The van der Waals surface area contributed by atoms with Gasteiger partial charge in [-0.05, 0) is 37.8 Å². The van der Waals surface area contributed by atoms with E-state index < -0.39 is 10.0 Å². The summed E-state index contributed by atoms with van der Waals surface area (Å²) >= 11 is 5.75. The number of aryl methyl sites for hydroxylation is 1. The van der Waals surface area contributed by atoms with E-state index >= 15 is 0 Å². The Kier molecular flexibility index (Phi) is 4.30. The molecule has 0 spiro atoms. The van der Waals surface area contributed by atoms with Gasteiger partial charge in [-0.1, -0.05) is 18.2 Å². The highest BCUT2D eigenvalue weighted by Crippen LogP contribution is 2.29. The van der Waals surface area contributed by atoms with Crippen LogP contribution in [0.25, 0.3) is 0 Å². The molecule has 1 saturated heterocycles. The zero-order valence-corrected chi connectivity index (χ0v) is 12.0. The molecule has 0 aliphatic carbocycles. The molecule has 1 aliphatic rings. The Morgan fingerprint density at radius 1 is 1.39 bits per heavy atom. The third kappa shape index (κ3) is 2.56. The summed E-state index contributed by atoms with van der Waals surface area (Å²) < 4.78 is 26.9. The van der Waals surface area contributed by atoms with Gasteiger partial charge in [-0.25, -0.2) is 8.42 Å². The Bertz CT molecular complexity index is 515. The summed E-state index contributed by atoms with van der Waals surface area (Å²) in [7, 11) is -3.37. The van der Waals surface area contributed by atoms with Crippen LogP contribution in [0.5, 0.6) is 0 Å². The Balaban J connectivity index is 2.34. The van der Waals surface area contributed by atoms with Gasteiger partial charge >= 0.3 is 0 Å². The summed E-state index contributed by atoms with van der Waals surface area (Å²) in [6, 6.07) is 7.20. The Morgan fingerprint density at radius 2 is 2.11 bits per heavy atom. The van der Waals surface area contributed by atoms with E-state index in [4.69, 9.17) is 11.6 Å². The van der Waals surface area contributed by atoms with Crippen LogP contribution in [0, 0.1) is 6.92 Å². The topological polar surface area (TPSA) is 37.4 Å². The Morgan fingerprint density at radius 3 is 2.78 bits per heavy atom. The SMILES string of the molecule is Cc1ccccc1S(=O)(=O)N1CCCC1CCCl. The monoisotopic (exact) mass is 287 g/mol. The second-order valence-electron chi connectivity index (χ2n) is 4.65. The van der Waals surface area contributed by atoms with Gasteiger partial charge in [0.25, 0.3) is 0 Å². The maximum atomic E-state index is 12.6. The van der Waals surface area contributed by atoms with Gasteiger partial charge in [-0.3, -0.25) is 0 Å². The number of halogens is 1. The average molecular weight is 288 g/mol. The summed E-state index contributed by atoms with van der Waals surface area (Å²) in [5, 5.41) is 0. The lowest BCUT2D eigenvalue weighted by molar-refractivity contribution is 0.380. The van der Waals surface area contributed by atoms with Crippen molar-refractivity contribution in [3.8, 4) is 0 Å². The van der Waals surface area contributed by atoms with Crippen LogP contribution in [-0.2, 0) is 10.0 Å². The zero-order valence-electron chi connectivity index (χ0n) is 10.5. The summed E-state index contributed by atoms with van der Waals surface area (Å²) in [6.07, 6.45) is 2.57. The fourth-order valence-corrected chi connectivity index (χ4v) is 4.71. The molecule has 1 fully saturated rings. The van der Waals surface area contributed by atoms with E-state index in [1.165, 1.54) is 0 Å². The Hall–Kier alpha value is -0.580. The summed E-state index contributed by atoms with van der Waals surface area (Å²) in [5.74, 6) is 0.504. The fourth-order valence-electron chi connectivity index (χ4n) is 2.51. The maximum absolute atomic E-state index is 12.6. The van der Waals surface area contributed by atoms with Crippen LogP contribution in [0.15, 0.2) is 29.2 Å². The van der Waals surface area contributed by atoms with Crippen molar-refractivity contribution in [1.29, 1.82) is 0 Å². The summed E-state index contributed by atoms with van der Waals surface area (Å²) in [6.45, 7) is 2.44. The van der Waals surface area contributed by atoms with E-state index in [1.54, 1.807) is 16.4 Å². The van der Waals surface area contributed by atoms with Gasteiger partial charge in [0.1, 0.15) is 0 Å². The van der Waals surface area contributed by atoms with Crippen LogP contribution in [0.1, 0.15) is 24.8 Å². The fraction of sp³-hybridized carbons (Fsp3) is 0.538. The molecule has 100 valence electrons. The lowest BCUT2D eigenvalue weighted by Gasteiger charge is -2.24. The number of sulfonamides is 1. The molecule has 5 heteroatoms. The molecule has 1 atom stereocenters. The first kappa shape index (κ1) is 13.8. The molecule has 1 aromatic rings. The second-order valence-corrected chi connectivity index (χ2v) is 6.89. The average Bonchev–Trinajstić information content (AvgIpc) is 2.79. The first-order valence-corrected chi connectivity index (χ1v) is 8.18. The number of benzene rings is 1. The van der Waals surface area contributed by atoms with Crippen molar-refractivity contribution in [2.24, 2.45) is 0 Å². The van der Waals surface area contributed by atoms with Crippen LogP contribution in [0.2, 0.25) is 0 Å². The van der Waals surface area contributed by atoms with Crippen LogP contribution in [0.3, 0.4) is 0 Å². The number of alkyl halides is 1. The lowest BCUT2D eigenvalue weighted by atomic mass is 10.2. The predicted molar refractivity (Wildman–Crippen MR) is 73.4 cm³/mol. The molecule has 0 saturated carbocycles. The third-order valence-electron chi connectivity index (χ3n) is 3.45. The number of nitrogens with zero attached hydrogens (tertiary/aromatic N) is 1. The van der Waals surface area contributed by atoms with Gasteiger partial charge in [0.05, 0.1) is 4.90 Å². The molecule has 1 aromatic carbocycles. The molecular formula is C13H18ClNO2S. The first-order chi connectivity index (χ1) is 8.57. The highest BCUT2D eigenvalue weighted by molar-refractivity contribution is 7.89. The molecule has 18 heavy (non-hydrogen) atoms. The normalized spacial score (nSPS) is 21.3. The highest BCUT2D eigenvalue weighted by Gasteiger charge is 2.35. The molecule has 3 nitrogen and oxygen atoms in total. The van der Waals surface area contributed by atoms with Gasteiger partial charge in [-0.2, -0.15) is 4.31 Å². The summed E-state index contributed by atoms with van der Waals surface area (Å²) in [5.41, 5.74) is 0.800. The van der Waals surface area contributed by atoms with E-state index in [-0.39, 0.29) is 6.04 Å². The molecule has 1 heterocycles. The van der Waals surface area contributed by atoms with Gasteiger partial charge < -0.3 is 0 Å². The smallest absolute Gasteiger partial charge is 0.207 e. The molecule has 0 radical (unpaired) electrons. The molecule has 2 rings (SSSR count). The van der Waals surface area contributed by atoms with Crippen molar-refractivity contribution in [3.63, 3.8) is 0 Å². The van der Waals surface area contributed by atoms with Crippen molar-refractivity contribution in [3.05, 3.63) is 29.8 Å². The number of hydrogen-bond acceptors (Lipinski definition) is 2. The van der Waals surface area contributed by atoms with Crippen LogP contribution in [0.4, 0.5) is 0 Å².